The molecule has 130 valence electrons. The number of hydrogen-bond acceptors (Lipinski definition) is 4. The van der Waals surface area contributed by atoms with Crippen molar-refractivity contribution < 1.29 is 18.0 Å². The Bertz CT molecular complexity index is 740. The first-order valence-corrected chi connectivity index (χ1v) is 8.61. The van der Waals surface area contributed by atoms with Gasteiger partial charge in [-0.1, -0.05) is 24.6 Å². The average molecular weight is 358 g/mol. The van der Waals surface area contributed by atoms with E-state index >= 15 is 0 Å². The van der Waals surface area contributed by atoms with Crippen molar-refractivity contribution in [1.82, 2.24) is 19.9 Å². The van der Waals surface area contributed by atoms with E-state index in [1.165, 1.54) is 10.5 Å². The Kier molecular flexibility index (Phi) is 4.71. The van der Waals surface area contributed by atoms with Crippen molar-refractivity contribution >= 4 is 23.3 Å². The minimum absolute atomic E-state index is 0.129. The molecular weight excluding hydrogens is 341 g/mol. The smallest absolute Gasteiger partial charge is 0.352 e. The quantitative estimate of drug-likeness (QED) is 0.852. The molecule has 1 amide bonds. The monoisotopic (exact) mass is 358 g/mol. The normalized spacial score (nSPS) is 17.3. The number of halogens is 3. The van der Waals surface area contributed by atoms with Gasteiger partial charge in [-0.15, -0.1) is 10.2 Å². The predicted octanol–water partition coefficient (Wildman–Crippen LogP) is 3.29. The standard InChI is InChI=1S/C15H17F3N4OS/c1-9(13(23)19-11-4-2-3-5-11)24-14-21-20-12-7-6-10(8-22(12)14)15(16,17)18/h6-9,11H,2-5H2,1H3,(H,19,23). The molecule has 1 atom stereocenters. The zero-order valence-corrected chi connectivity index (χ0v) is 13.8. The Balaban J connectivity index is 1.75. The summed E-state index contributed by atoms with van der Waals surface area (Å²) in [7, 11) is 0. The average Bonchev–Trinajstić information content (AvgIpc) is 3.16. The second-order valence-electron chi connectivity index (χ2n) is 5.88. The number of fused-ring (bicyclic) bond motifs is 1. The number of nitrogens with zero attached hydrogens (tertiary/aromatic N) is 3. The van der Waals surface area contributed by atoms with Crippen molar-refractivity contribution in [1.29, 1.82) is 0 Å². The third-order valence-corrected chi connectivity index (χ3v) is 5.11. The van der Waals surface area contributed by atoms with Crippen LogP contribution in [0.1, 0.15) is 38.2 Å². The number of rotatable bonds is 4. The summed E-state index contributed by atoms with van der Waals surface area (Å²) in [6.45, 7) is 1.71. The lowest BCUT2D eigenvalue weighted by Gasteiger charge is -2.15. The maximum atomic E-state index is 12.8. The van der Waals surface area contributed by atoms with E-state index in [1.54, 1.807) is 6.92 Å². The van der Waals surface area contributed by atoms with Gasteiger partial charge in [-0.05, 0) is 31.9 Å². The number of alkyl halides is 3. The third kappa shape index (κ3) is 3.66. The molecule has 1 aliphatic rings. The summed E-state index contributed by atoms with van der Waals surface area (Å²) in [5.74, 6) is -0.129. The van der Waals surface area contributed by atoms with Crippen LogP contribution in [-0.2, 0) is 11.0 Å². The molecule has 0 aromatic carbocycles. The molecule has 2 heterocycles. The predicted molar refractivity (Wildman–Crippen MR) is 83.7 cm³/mol. The lowest BCUT2D eigenvalue weighted by Crippen LogP contribution is -2.37. The van der Waals surface area contributed by atoms with E-state index in [1.807, 2.05) is 0 Å². The van der Waals surface area contributed by atoms with Gasteiger partial charge in [0.15, 0.2) is 10.8 Å². The van der Waals surface area contributed by atoms with Gasteiger partial charge in [-0.2, -0.15) is 13.2 Å². The van der Waals surface area contributed by atoms with Crippen LogP contribution < -0.4 is 5.32 Å². The summed E-state index contributed by atoms with van der Waals surface area (Å²) in [5, 5.41) is 10.5. The van der Waals surface area contributed by atoms with Crippen molar-refractivity contribution in [2.75, 3.05) is 0 Å². The molecule has 1 fully saturated rings. The Morgan fingerprint density at radius 3 is 2.71 bits per heavy atom. The number of pyridine rings is 1. The fourth-order valence-electron chi connectivity index (χ4n) is 2.72. The maximum absolute atomic E-state index is 12.8. The van der Waals surface area contributed by atoms with Gasteiger partial charge in [0.1, 0.15) is 0 Å². The van der Waals surface area contributed by atoms with Crippen molar-refractivity contribution in [2.45, 2.75) is 55.2 Å². The van der Waals surface area contributed by atoms with Crippen LogP contribution >= 0.6 is 11.8 Å². The third-order valence-electron chi connectivity index (χ3n) is 4.05. The van der Waals surface area contributed by atoms with Gasteiger partial charge < -0.3 is 5.32 Å². The number of hydrogen-bond donors (Lipinski definition) is 1. The Hall–Kier alpha value is -1.77. The molecule has 2 aromatic heterocycles. The van der Waals surface area contributed by atoms with Crippen LogP contribution in [0.5, 0.6) is 0 Å². The number of aromatic nitrogens is 3. The van der Waals surface area contributed by atoms with E-state index in [9.17, 15) is 18.0 Å². The van der Waals surface area contributed by atoms with Crippen LogP contribution in [0.2, 0.25) is 0 Å². The molecule has 1 aliphatic carbocycles. The molecule has 2 aromatic rings. The highest BCUT2D eigenvalue weighted by molar-refractivity contribution is 8.00. The van der Waals surface area contributed by atoms with Crippen LogP contribution in [0.4, 0.5) is 13.2 Å². The van der Waals surface area contributed by atoms with Crippen molar-refractivity contribution in [3.8, 4) is 0 Å². The number of thioether (sulfide) groups is 1. The largest absolute Gasteiger partial charge is 0.417 e. The summed E-state index contributed by atoms with van der Waals surface area (Å²) < 4.78 is 39.8. The number of nitrogens with one attached hydrogen (secondary N) is 1. The van der Waals surface area contributed by atoms with Gasteiger partial charge in [0.2, 0.25) is 5.91 Å². The highest BCUT2D eigenvalue weighted by Gasteiger charge is 2.31. The lowest BCUT2D eigenvalue weighted by molar-refractivity contribution is -0.137. The molecule has 1 unspecified atom stereocenters. The molecule has 1 N–H and O–H groups in total. The summed E-state index contributed by atoms with van der Waals surface area (Å²) in [5.41, 5.74) is -0.464. The molecule has 0 spiro atoms. The highest BCUT2D eigenvalue weighted by atomic mass is 32.2. The minimum atomic E-state index is -4.44. The van der Waals surface area contributed by atoms with Gasteiger partial charge >= 0.3 is 6.18 Å². The van der Waals surface area contributed by atoms with E-state index in [-0.39, 0.29) is 17.1 Å². The van der Waals surface area contributed by atoms with Crippen molar-refractivity contribution in [3.63, 3.8) is 0 Å². The van der Waals surface area contributed by atoms with E-state index < -0.39 is 17.0 Å². The Morgan fingerprint density at radius 2 is 2.04 bits per heavy atom. The molecule has 0 saturated heterocycles. The van der Waals surface area contributed by atoms with E-state index in [4.69, 9.17) is 0 Å². The molecule has 5 nitrogen and oxygen atoms in total. The topological polar surface area (TPSA) is 59.3 Å². The van der Waals surface area contributed by atoms with E-state index in [2.05, 4.69) is 15.5 Å². The molecule has 0 radical (unpaired) electrons. The van der Waals surface area contributed by atoms with Gasteiger partial charge in [-0.25, -0.2) is 0 Å². The molecular formula is C15H17F3N4OS. The first-order chi connectivity index (χ1) is 11.3. The zero-order valence-electron chi connectivity index (χ0n) is 13.0. The van der Waals surface area contributed by atoms with Gasteiger partial charge in [0, 0.05) is 12.2 Å². The van der Waals surface area contributed by atoms with Gasteiger partial charge in [0.05, 0.1) is 10.8 Å². The number of carbonyl (C=O) groups is 1. The van der Waals surface area contributed by atoms with Gasteiger partial charge in [0.25, 0.3) is 0 Å². The first-order valence-electron chi connectivity index (χ1n) is 7.73. The highest BCUT2D eigenvalue weighted by Crippen LogP contribution is 2.31. The zero-order chi connectivity index (χ0) is 17.3. The van der Waals surface area contributed by atoms with Crippen LogP contribution in [0, 0.1) is 0 Å². The number of amides is 1. The van der Waals surface area contributed by atoms with Crippen molar-refractivity contribution in [2.24, 2.45) is 0 Å². The van der Waals surface area contributed by atoms with E-state index in [0.29, 0.717) is 5.65 Å². The Morgan fingerprint density at radius 1 is 1.33 bits per heavy atom. The fourth-order valence-corrected chi connectivity index (χ4v) is 3.56. The molecule has 9 heteroatoms. The summed E-state index contributed by atoms with van der Waals surface area (Å²) >= 11 is 1.10. The van der Waals surface area contributed by atoms with Gasteiger partial charge in [-0.3, -0.25) is 9.20 Å². The molecule has 3 rings (SSSR count). The lowest BCUT2D eigenvalue weighted by atomic mass is 10.2. The maximum Gasteiger partial charge on any atom is 0.417 e. The minimum Gasteiger partial charge on any atom is -0.352 e. The fraction of sp³-hybridized carbons (Fsp3) is 0.533. The molecule has 24 heavy (non-hydrogen) atoms. The summed E-state index contributed by atoms with van der Waals surface area (Å²) in [6.07, 6.45) is 0.700. The second kappa shape index (κ2) is 6.62. The van der Waals surface area contributed by atoms with E-state index in [0.717, 1.165) is 49.7 Å². The molecule has 0 bridgehead atoms. The summed E-state index contributed by atoms with van der Waals surface area (Å²) in [4.78, 5) is 12.2. The SMILES string of the molecule is CC(Sc1nnc2ccc(C(F)(F)F)cn12)C(=O)NC1CCCC1. The van der Waals surface area contributed by atoms with Crippen molar-refractivity contribution in [3.05, 3.63) is 23.9 Å². The van der Waals surface area contributed by atoms with Crippen LogP contribution in [0.25, 0.3) is 5.65 Å². The molecule has 0 aliphatic heterocycles. The number of carbonyl (C=O) groups excluding carboxylic acids is 1. The van der Waals surface area contributed by atoms with Crippen LogP contribution in [-0.4, -0.2) is 31.8 Å². The first kappa shape index (κ1) is 17.1. The van der Waals surface area contributed by atoms with Crippen LogP contribution in [0.15, 0.2) is 23.5 Å². The molecule has 1 saturated carbocycles. The Labute approximate surface area is 141 Å². The summed E-state index contributed by atoms with van der Waals surface area (Å²) in [6, 6.07) is 2.44. The second-order valence-corrected chi connectivity index (χ2v) is 7.18. The van der Waals surface area contributed by atoms with Crippen LogP contribution in [0.3, 0.4) is 0 Å².